The first-order valence-corrected chi connectivity index (χ1v) is 6.39. The highest BCUT2D eigenvalue weighted by Gasteiger charge is 2.43. The Balaban J connectivity index is 1.86. The van der Waals surface area contributed by atoms with Crippen LogP contribution in [-0.2, 0) is 9.57 Å². The van der Waals surface area contributed by atoms with E-state index in [1.165, 1.54) is 0 Å². The molecule has 2 heterocycles. The van der Waals surface area contributed by atoms with Crippen molar-refractivity contribution in [1.82, 2.24) is 5.06 Å². The minimum absolute atomic E-state index is 0.0939. The highest BCUT2D eigenvalue weighted by atomic mass is 16.9. The van der Waals surface area contributed by atoms with Crippen LogP contribution in [0.1, 0.15) is 27.6 Å². The number of carbonyl (C=O) groups excluding carboxylic acids is 2. The average Bonchev–Trinajstić information content (AvgIpc) is 3.16. The summed E-state index contributed by atoms with van der Waals surface area (Å²) < 4.78 is 5.11. The van der Waals surface area contributed by atoms with E-state index < -0.39 is 18.1 Å². The van der Waals surface area contributed by atoms with Gasteiger partial charge in [-0.15, -0.1) is 5.06 Å². The summed E-state index contributed by atoms with van der Waals surface area (Å²) in [7, 11) is 0. The molecule has 0 N–H and O–H groups in total. The van der Waals surface area contributed by atoms with Crippen LogP contribution in [-0.4, -0.2) is 29.3 Å². The molecule has 5 heteroatoms. The van der Waals surface area contributed by atoms with E-state index in [1.54, 1.807) is 24.3 Å². The van der Waals surface area contributed by atoms with Gasteiger partial charge in [-0.2, -0.15) is 0 Å². The fourth-order valence-electron chi connectivity index (χ4n) is 2.48. The number of amides is 2. The van der Waals surface area contributed by atoms with E-state index in [-0.39, 0.29) is 6.10 Å². The van der Waals surface area contributed by atoms with Crippen LogP contribution >= 0.6 is 0 Å². The van der Waals surface area contributed by atoms with E-state index in [0.717, 1.165) is 10.4 Å². The Morgan fingerprint density at radius 1 is 1.05 bits per heavy atom. The molecule has 2 amide bonds. The fraction of sp³-hybridized carbons (Fsp3) is 0.200. The first-order chi connectivity index (χ1) is 9.66. The molecule has 0 radical (unpaired) electrons. The number of hydroxylamine groups is 2. The summed E-state index contributed by atoms with van der Waals surface area (Å²) >= 11 is 0. The molecule has 5 nitrogen and oxygen atoms in total. The van der Waals surface area contributed by atoms with Gasteiger partial charge in [0.1, 0.15) is 6.10 Å². The van der Waals surface area contributed by atoms with E-state index in [1.807, 2.05) is 19.1 Å². The van der Waals surface area contributed by atoms with Crippen LogP contribution in [0.25, 0.3) is 10.8 Å². The summed E-state index contributed by atoms with van der Waals surface area (Å²) in [6.07, 6.45) is -0.615. The van der Waals surface area contributed by atoms with E-state index >= 15 is 0 Å². The molecule has 0 aliphatic carbocycles. The molecule has 0 aromatic heterocycles. The summed E-state index contributed by atoms with van der Waals surface area (Å²) in [5, 5.41) is 2.37. The van der Waals surface area contributed by atoms with E-state index in [0.29, 0.717) is 16.5 Å². The Kier molecular flexibility index (Phi) is 2.24. The lowest BCUT2D eigenvalue weighted by Gasteiger charge is -2.25. The van der Waals surface area contributed by atoms with Crippen LogP contribution < -0.4 is 0 Å². The Morgan fingerprint density at radius 2 is 1.60 bits per heavy atom. The lowest BCUT2D eigenvalue weighted by molar-refractivity contribution is -0.131. The predicted molar refractivity (Wildman–Crippen MR) is 69.9 cm³/mol. The Labute approximate surface area is 114 Å². The van der Waals surface area contributed by atoms with Crippen LogP contribution in [0.3, 0.4) is 0 Å². The lowest BCUT2D eigenvalue weighted by atomic mass is 9.95. The molecular formula is C15H11NO4. The number of rotatable bonds is 2. The Hall–Kier alpha value is -2.24. The molecule has 0 spiro atoms. The minimum Gasteiger partial charge on any atom is -0.340 e. The van der Waals surface area contributed by atoms with E-state index in [9.17, 15) is 9.59 Å². The molecule has 1 fully saturated rings. The fourth-order valence-corrected chi connectivity index (χ4v) is 2.48. The third-order valence-electron chi connectivity index (χ3n) is 3.60. The van der Waals surface area contributed by atoms with Gasteiger partial charge >= 0.3 is 0 Å². The van der Waals surface area contributed by atoms with Crippen LogP contribution in [0.2, 0.25) is 0 Å². The van der Waals surface area contributed by atoms with Gasteiger partial charge in [0.25, 0.3) is 11.8 Å². The second kappa shape index (κ2) is 3.88. The zero-order valence-electron chi connectivity index (χ0n) is 10.7. The number of imide groups is 1. The molecule has 2 aromatic rings. The first-order valence-electron chi connectivity index (χ1n) is 6.39. The van der Waals surface area contributed by atoms with Crippen LogP contribution in [0.5, 0.6) is 0 Å². The molecule has 2 atom stereocenters. The molecule has 0 bridgehead atoms. The van der Waals surface area contributed by atoms with Gasteiger partial charge in [0.05, 0.1) is 11.1 Å². The summed E-state index contributed by atoms with van der Waals surface area (Å²) in [6.45, 7) is 1.82. The highest BCUT2D eigenvalue weighted by Crippen LogP contribution is 2.32. The van der Waals surface area contributed by atoms with Gasteiger partial charge in [-0.25, -0.2) is 4.84 Å². The number of ether oxygens (including phenoxy) is 1. The van der Waals surface area contributed by atoms with Crippen LogP contribution in [0, 0.1) is 0 Å². The van der Waals surface area contributed by atoms with Crippen molar-refractivity contribution in [2.45, 2.75) is 19.3 Å². The second-order valence-electron chi connectivity index (χ2n) is 4.93. The third-order valence-corrected chi connectivity index (χ3v) is 3.60. The van der Waals surface area contributed by atoms with Gasteiger partial charge in [0, 0.05) is 5.39 Å². The maximum absolute atomic E-state index is 12.4. The molecule has 4 rings (SSSR count). The zero-order chi connectivity index (χ0) is 13.9. The van der Waals surface area contributed by atoms with E-state index in [2.05, 4.69) is 0 Å². The molecule has 2 aliphatic rings. The molecule has 0 saturated carbocycles. The van der Waals surface area contributed by atoms with Gasteiger partial charge in [-0.05, 0) is 24.4 Å². The van der Waals surface area contributed by atoms with Gasteiger partial charge in [0.2, 0.25) is 6.29 Å². The number of nitrogens with zero attached hydrogens (tertiary/aromatic N) is 1. The molecular weight excluding hydrogens is 258 g/mol. The molecule has 2 aromatic carbocycles. The number of carbonyl (C=O) groups is 2. The number of hydrogen-bond acceptors (Lipinski definition) is 4. The SMILES string of the molecule is CC1OC1ON1C(=O)c2cccc3cccc(c23)C1=O. The normalized spacial score (nSPS) is 24.4. The van der Waals surface area contributed by atoms with Crippen LogP contribution in [0.4, 0.5) is 0 Å². The summed E-state index contributed by atoms with van der Waals surface area (Å²) in [5.74, 6) is -0.885. The standard InChI is InChI=1S/C15H11NO4/c1-8-15(19-8)20-16-13(17)10-6-2-4-9-5-3-7-11(12(9)10)14(16)18/h2-8,15H,1H3. The molecule has 2 unspecified atom stereocenters. The summed E-state index contributed by atoms with van der Waals surface area (Å²) in [6, 6.07) is 10.8. The van der Waals surface area contributed by atoms with Crippen molar-refractivity contribution < 1.29 is 19.2 Å². The number of epoxide rings is 1. The predicted octanol–water partition coefficient (Wildman–Crippen LogP) is 2.11. The quantitative estimate of drug-likeness (QED) is 0.619. The van der Waals surface area contributed by atoms with Crippen molar-refractivity contribution in [2.75, 3.05) is 0 Å². The van der Waals surface area contributed by atoms with Crippen molar-refractivity contribution >= 4 is 22.6 Å². The minimum atomic E-state index is -0.521. The smallest absolute Gasteiger partial charge is 0.285 e. The molecule has 100 valence electrons. The van der Waals surface area contributed by atoms with Crippen LogP contribution in [0.15, 0.2) is 36.4 Å². The molecule has 2 aliphatic heterocycles. The average molecular weight is 269 g/mol. The maximum Gasteiger partial charge on any atom is 0.285 e. The number of benzene rings is 2. The van der Waals surface area contributed by atoms with Crippen molar-refractivity contribution in [3.05, 3.63) is 47.5 Å². The van der Waals surface area contributed by atoms with Gasteiger partial charge in [0.15, 0.2) is 0 Å². The highest BCUT2D eigenvalue weighted by molar-refractivity contribution is 6.24. The van der Waals surface area contributed by atoms with Gasteiger partial charge in [-0.3, -0.25) is 9.59 Å². The van der Waals surface area contributed by atoms with Gasteiger partial charge in [-0.1, -0.05) is 24.3 Å². The second-order valence-corrected chi connectivity index (χ2v) is 4.93. The van der Waals surface area contributed by atoms with Crippen molar-refractivity contribution in [3.63, 3.8) is 0 Å². The number of hydrogen-bond donors (Lipinski definition) is 0. The lowest BCUT2D eigenvalue weighted by Crippen LogP contribution is -2.41. The Bertz CT molecular complexity index is 704. The van der Waals surface area contributed by atoms with Crippen molar-refractivity contribution in [1.29, 1.82) is 0 Å². The molecule has 20 heavy (non-hydrogen) atoms. The third kappa shape index (κ3) is 1.51. The van der Waals surface area contributed by atoms with E-state index in [4.69, 9.17) is 9.57 Å². The topological polar surface area (TPSA) is 59.1 Å². The summed E-state index contributed by atoms with van der Waals surface area (Å²) in [5.41, 5.74) is 0.956. The Morgan fingerprint density at radius 3 is 2.10 bits per heavy atom. The summed E-state index contributed by atoms with van der Waals surface area (Å²) in [4.78, 5) is 30.2. The monoisotopic (exact) mass is 269 g/mol. The van der Waals surface area contributed by atoms with Crippen molar-refractivity contribution in [2.24, 2.45) is 0 Å². The van der Waals surface area contributed by atoms with Crippen molar-refractivity contribution in [3.8, 4) is 0 Å². The zero-order valence-corrected chi connectivity index (χ0v) is 10.7. The molecule has 1 saturated heterocycles. The largest absolute Gasteiger partial charge is 0.340 e. The first kappa shape index (κ1) is 11.6. The maximum atomic E-state index is 12.4. The van der Waals surface area contributed by atoms with Gasteiger partial charge < -0.3 is 4.74 Å².